The molecule has 0 unspecified atom stereocenters. The quantitative estimate of drug-likeness (QED) is 0.795. The summed E-state index contributed by atoms with van der Waals surface area (Å²) < 4.78 is 1.23. The summed E-state index contributed by atoms with van der Waals surface area (Å²) in [6.45, 7) is 9.17. The summed E-state index contributed by atoms with van der Waals surface area (Å²) in [6, 6.07) is 6.62. The Morgan fingerprint density at radius 2 is 1.88 bits per heavy atom. The van der Waals surface area contributed by atoms with E-state index in [4.69, 9.17) is 0 Å². The molecule has 16 heavy (non-hydrogen) atoms. The fourth-order valence-corrected chi connectivity index (χ4v) is 3.24. The van der Waals surface area contributed by atoms with Crippen molar-refractivity contribution >= 4 is 21.6 Å². The first kappa shape index (κ1) is 12.0. The Bertz CT molecular complexity index is 374. The maximum Gasteiger partial charge on any atom is 0.0511 e. The Kier molecular flexibility index (Phi) is 3.29. The lowest BCUT2D eigenvalue weighted by molar-refractivity contribution is 0.194. The van der Waals surface area contributed by atoms with Crippen LogP contribution in [0.25, 0.3) is 0 Å². The average Bonchev–Trinajstić information content (AvgIpc) is 2.20. The highest BCUT2D eigenvalue weighted by Gasteiger charge is 2.40. The summed E-state index contributed by atoms with van der Waals surface area (Å²) in [4.78, 5) is 2.48. The minimum atomic E-state index is 0.574. The van der Waals surface area contributed by atoms with Crippen molar-refractivity contribution in [3.8, 4) is 0 Å². The summed E-state index contributed by atoms with van der Waals surface area (Å²) >= 11 is 3.66. The first-order valence-electron chi connectivity index (χ1n) is 6.11. The molecule has 0 bridgehead atoms. The molecule has 1 saturated heterocycles. The number of hydrogen-bond donors (Lipinski definition) is 0. The molecule has 88 valence electrons. The second kappa shape index (κ2) is 4.40. The molecule has 1 aliphatic rings. The molecule has 0 aliphatic carbocycles. The molecule has 2 heteroatoms. The fraction of sp³-hybridized carbons (Fsp3) is 0.571. The number of nitrogens with zero attached hydrogens (tertiary/aromatic N) is 1. The third-order valence-corrected chi connectivity index (χ3v) is 4.63. The summed E-state index contributed by atoms with van der Waals surface area (Å²) in [5.74, 6) is 0. The second-order valence-corrected chi connectivity index (χ2v) is 5.87. The standard InChI is InChI=1S/C14H20BrN/c1-4-14(5-2)9-16(10-14)13-7-6-11(3)8-12(13)15/h6-8H,4-5,9-10H2,1-3H3. The maximum atomic E-state index is 3.66. The average molecular weight is 282 g/mol. The van der Waals surface area contributed by atoms with Gasteiger partial charge in [-0.15, -0.1) is 0 Å². The molecule has 1 aliphatic heterocycles. The number of benzene rings is 1. The van der Waals surface area contributed by atoms with Crippen LogP contribution in [0.15, 0.2) is 22.7 Å². The van der Waals surface area contributed by atoms with Gasteiger partial charge in [0.25, 0.3) is 0 Å². The van der Waals surface area contributed by atoms with Crippen molar-refractivity contribution in [3.63, 3.8) is 0 Å². The van der Waals surface area contributed by atoms with Gasteiger partial charge in [0.15, 0.2) is 0 Å². The van der Waals surface area contributed by atoms with Gasteiger partial charge in [-0.3, -0.25) is 0 Å². The van der Waals surface area contributed by atoms with Crippen molar-refractivity contribution in [2.75, 3.05) is 18.0 Å². The van der Waals surface area contributed by atoms with Gasteiger partial charge < -0.3 is 4.90 Å². The highest BCUT2D eigenvalue weighted by Crippen LogP contribution is 2.42. The zero-order valence-corrected chi connectivity index (χ0v) is 12.0. The molecule has 1 aromatic carbocycles. The molecule has 0 spiro atoms. The van der Waals surface area contributed by atoms with Gasteiger partial charge in [-0.2, -0.15) is 0 Å². The van der Waals surface area contributed by atoms with Crippen molar-refractivity contribution in [2.45, 2.75) is 33.6 Å². The van der Waals surface area contributed by atoms with Crippen LogP contribution in [0.3, 0.4) is 0 Å². The van der Waals surface area contributed by atoms with Crippen molar-refractivity contribution in [2.24, 2.45) is 5.41 Å². The van der Waals surface area contributed by atoms with Crippen molar-refractivity contribution in [3.05, 3.63) is 28.2 Å². The van der Waals surface area contributed by atoms with E-state index in [0.717, 1.165) is 0 Å². The molecule has 2 rings (SSSR count). The fourth-order valence-electron chi connectivity index (χ4n) is 2.50. The zero-order chi connectivity index (χ0) is 11.8. The number of hydrogen-bond acceptors (Lipinski definition) is 1. The molecule has 1 aromatic rings. The van der Waals surface area contributed by atoms with Crippen molar-refractivity contribution in [1.29, 1.82) is 0 Å². The first-order chi connectivity index (χ1) is 7.60. The van der Waals surface area contributed by atoms with E-state index >= 15 is 0 Å². The van der Waals surface area contributed by atoms with Crippen LogP contribution in [0.1, 0.15) is 32.3 Å². The number of halogens is 1. The van der Waals surface area contributed by atoms with Gasteiger partial charge in [-0.1, -0.05) is 19.9 Å². The predicted octanol–water partition coefficient (Wildman–Crippen LogP) is 4.38. The van der Waals surface area contributed by atoms with Crippen LogP contribution < -0.4 is 4.90 Å². The minimum absolute atomic E-state index is 0.574. The van der Waals surface area contributed by atoms with Crippen molar-refractivity contribution in [1.82, 2.24) is 0 Å². The Balaban J connectivity index is 2.12. The minimum Gasteiger partial charge on any atom is -0.369 e. The number of anilines is 1. The third kappa shape index (κ3) is 2.00. The number of aryl methyl sites for hydroxylation is 1. The van der Waals surface area contributed by atoms with E-state index in [2.05, 4.69) is 59.8 Å². The largest absolute Gasteiger partial charge is 0.369 e. The van der Waals surface area contributed by atoms with Gasteiger partial charge in [0.05, 0.1) is 5.69 Å². The Morgan fingerprint density at radius 3 is 2.38 bits per heavy atom. The van der Waals surface area contributed by atoms with Gasteiger partial charge in [-0.25, -0.2) is 0 Å². The molecule has 1 heterocycles. The molecule has 0 aromatic heterocycles. The van der Waals surface area contributed by atoms with Crippen LogP contribution in [0.2, 0.25) is 0 Å². The predicted molar refractivity (Wildman–Crippen MR) is 74.1 cm³/mol. The molecule has 0 radical (unpaired) electrons. The smallest absolute Gasteiger partial charge is 0.0511 e. The lowest BCUT2D eigenvalue weighted by Crippen LogP contribution is -2.56. The van der Waals surface area contributed by atoms with Gasteiger partial charge in [0.2, 0.25) is 0 Å². The maximum absolute atomic E-state index is 3.66. The molecular weight excluding hydrogens is 262 g/mol. The van der Waals surface area contributed by atoms with E-state index < -0.39 is 0 Å². The van der Waals surface area contributed by atoms with E-state index in [1.807, 2.05) is 0 Å². The molecule has 0 saturated carbocycles. The molecular formula is C14H20BrN. The SMILES string of the molecule is CCC1(CC)CN(c2ccc(C)cc2Br)C1. The molecule has 0 N–H and O–H groups in total. The lowest BCUT2D eigenvalue weighted by Gasteiger charge is -2.51. The van der Waals surface area contributed by atoms with E-state index in [1.54, 1.807) is 0 Å². The Morgan fingerprint density at radius 1 is 1.25 bits per heavy atom. The van der Waals surface area contributed by atoms with E-state index in [9.17, 15) is 0 Å². The van der Waals surface area contributed by atoms with Crippen LogP contribution in [0, 0.1) is 12.3 Å². The Hall–Kier alpha value is -0.500. The zero-order valence-electron chi connectivity index (χ0n) is 10.4. The van der Waals surface area contributed by atoms with E-state index in [1.165, 1.54) is 41.7 Å². The van der Waals surface area contributed by atoms with E-state index in [-0.39, 0.29) is 0 Å². The number of rotatable bonds is 3. The molecule has 1 fully saturated rings. The third-order valence-electron chi connectivity index (χ3n) is 4.00. The van der Waals surface area contributed by atoms with Crippen LogP contribution in [-0.4, -0.2) is 13.1 Å². The van der Waals surface area contributed by atoms with Crippen LogP contribution in [0.5, 0.6) is 0 Å². The van der Waals surface area contributed by atoms with Crippen LogP contribution in [0.4, 0.5) is 5.69 Å². The van der Waals surface area contributed by atoms with Crippen LogP contribution >= 0.6 is 15.9 Å². The topological polar surface area (TPSA) is 3.24 Å². The second-order valence-electron chi connectivity index (χ2n) is 5.02. The normalized spacial score (nSPS) is 18.4. The first-order valence-corrected chi connectivity index (χ1v) is 6.90. The van der Waals surface area contributed by atoms with Gasteiger partial charge >= 0.3 is 0 Å². The van der Waals surface area contributed by atoms with Gasteiger partial charge in [-0.05, 0) is 53.4 Å². The van der Waals surface area contributed by atoms with Gasteiger partial charge in [0.1, 0.15) is 0 Å². The van der Waals surface area contributed by atoms with Crippen molar-refractivity contribution < 1.29 is 0 Å². The van der Waals surface area contributed by atoms with E-state index in [0.29, 0.717) is 5.41 Å². The highest BCUT2D eigenvalue weighted by atomic mass is 79.9. The monoisotopic (exact) mass is 281 g/mol. The van der Waals surface area contributed by atoms with Gasteiger partial charge in [0, 0.05) is 23.0 Å². The highest BCUT2D eigenvalue weighted by molar-refractivity contribution is 9.10. The Labute approximate surface area is 107 Å². The molecule has 0 amide bonds. The summed E-state index contributed by atoms with van der Waals surface area (Å²) in [5, 5.41) is 0. The summed E-state index contributed by atoms with van der Waals surface area (Å²) in [5.41, 5.74) is 3.24. The summed E-state index contributed by atoms with van der Waals surface area (Å²) in [6.07, 6.45) is 2.59. The lowest BCUT2D eigenvalue weighted by atomic mass is 9.75. The van der Waals surface area contributed by atoms with Crippen LogP contribution in [-0.2, 0) is 0 Å². The molecule has 1 nitrogen and oxygen atoms in total. The molecule has 0 atom stereocenters. The summed E-state index contributed by atoms with van der Waals surface area (Å²) in [7, 11) is 0.